The van der Waals surface area contributed by atoms with E-state index in [-0.39, 0.29) is 12.3 Å². The Morgan fingerprint density at radius 1 is 1.07 bits per heavy atom. The fourth-order valence-corrected chi connectivity index (χ4v) is 2.20. The van der Waals surface area contributed by atoms with Crippen molar-refractivity contribution in [1.29, 1.82) is 0 Å². The van der Waals surface area contributed by atoms with Crippen LogP contribution in [0.4, 0.5) is 4.79 Å². The molecule has 2 amide bonds. The second-order valence-corrected chi connectivity index (χ2v) is 7.04. The maximum absolute atomic E-state index is 12.1. The molecule has 7 heteroatoms. The van der Waals surface area contributed by atoms with Crippen molar-refractivity contribution in [1.82, 2.24) is 10.6 Å². The number of hydrogen-bond acceptors (Lipinski definition) is 4. The summed E-state index contributed by atoms with van der Waals surface area (Å²) < 4.78 is 5.07. The van der Waals surface area contributed by atoms with Crippen LogP contribution in [-0.2, 0) is 14.3 Å². The molecule has 0 unspecified atom stereocenters. The van der Waals surface area contributed by atoms with Gasteiger partial charge in [-0.15, -0.1) is 0 Å². The van der Waals surface area contributed by atoms with Crippen LogP contribution >= 0.6 is 0 Å². The van der Waals surface area contributed by atoms with E-state index in [1.807, 2.05) is 18.2 Å². The maximum Gasteiger partial charge on any atom is 0.408 e. The number of carboxylic acids is 1. The van der Waals surface area contributed by atoms with Crippen LogP contribution in [0.15, 0.2) is 48.1 Å². The van der Waals surface area contributed by atoms with Crippen LogP contribution in [0.1, 0.15) is 40.0 Å². The molecule has 0 aromatic rings. The second-order valence-electron chi connectivity index (χ2n) is 7.04. The van der Waals surface area contributed by atoms with Gasteiger partial charge < -0.3 is 20.5 Å². The lowest BCUT2D eigenvalue weighted by Crippen LogP contribution is -2.43. The van der Waals surface area contributed by atoms with E-state index in [9.17, 15) is 19.5 Å². The predicted octanol–water partition coefficient (Wildman–Crippen LogP) is 2.86. The summed E-state index contributed by atoms with van der Waals surface area (Å²) in [6.07, 6.45) is 13.2. The molecular formula is C20H28N2O5. The van der Waals surface area contributed by atoms with Crippen molar-refractivity contribution in [3.8, 4) is 0 Å². The van der Waals surface area contributed by atoms with E-state index in [0.717, 1.165) is 0 Å². The van der Waals surface area contributed by atoms with Crippen LogP contribution in [0, 0.1) is 0 Å². The van der Waals surface area contributed by atoms with Gasteiger partial charge in [0.15, 0.2) is 0 Å². The van der Waals surface area contributed by atoms with Gasteiger partial charge in [0, 0.05) is 12.1 Å². The van der Waals surface area contributed by atoms with Crippen LogP contribution < -0.4 is 10.6 Å². The molecule has 1 aliphatic rings. The Bertz CT molecular complexity index is 654. The highest BCUT2D eigenvalue weighted by atomic mass is 16.6. The van der Waals surface area contributed by atoms with Crippen LogP contribution in [0.3, 0.4) is 0 Å². The number of aliphatic carboxylic acids is 1. The molecule has 0 heterocycles. The quantitative estimate of drug-likeness (QED) is 0.565. The summed E-state index contributed by atoms with van der Waals surface area (Å²) >= 11 is 0. The summed E-state index contributed by atoms with van der Waals surface area (Å²) in [6.45, 7) is 5.54. The van der Waals surface area contributed by atoms with Gasteiger partial charge >= 0.3 is 12.1 Å². The second kappa shape index (κ2) is 11.0. The van der Waals surface area contributed by atoms with Gasteiger partial charge in [0.1, 0.15) is 11.6 Å². The van der Waals surface area contributed by atoms with E-state index in [1.54, 1.807) is 45.1 Å². The molecule has 3 N–H and O–H groups in total. The molecule has 0 aliphatic heterocycles. The maximum atomic E-state index is 12.1. The lowest BCUT2D eigenvalue weighted by molar-refractivity contribution is -0.139. The van der Waals surface area contributed by atoms with Gasteiger partial charge in [-0.2, -0.15) is 0 Å². The number of carbonyl (C=O) groups excluding carboxylic acids is 2. The van der Waals surface area contributed by atoms with E-state index < -0.39 is 23.7 Å². The topological polar surface area (TPSA) is 105 Å². The Kier molecular flexibility index (Phi) is 9.05. The lowest BCUT2D eigenvalue weighted by Gasteiger charge is -2.22. The zero-order valence-electron chi connectivity index (χ0n) is 16.0. The lowest BCUT2D eigenvalue weighted by atomic mass is 10.1. The molecular weight excluding hydrogens is 348 g/mol. The van der Waals surface area contributed by atoms with Gasteiger partial charge in [0.2, 0.25) is 0 Å². The van der Waals surface area contributed by atoms with Crippen molar-refractivity contribution in [3.05, 3.63) is 48.1 Å². The van der Waals surface area contributed by atoms with Crippen molar-refractivity contribution in [2.24, 2.45) is 0 Å². The highest BCUT2D eigenvalue weighted by Gasteiger charge is 2.23. The number of allylic oxidation sites excluding steroid dienone is 6. The molecule has 0 saturated heterocycles. The van der Waals surface area contributed by atoms with Gasteiger partial charge in [-0.1, -0.05) is 30.4 Å². The number of ether oxygens (including phenoxy) is 1. The average molecular weight is 376 g/mol. The normalized spacial score (nSPS) is 16.9. The van der Waals surface area contributed by atoms with E-state index in [4.69, 9.17) is 4.74 Å². The molecule has 1 aliphatic carbocycles. The van der Waals surface area contributed by atoms with Crippen molar-refractivity contribution < 1.29 is 24.2 Å². The number of unbranched alkanes of at least 4 members (excludes halogenated alkanes) is 1. The Hall–Kier alpha value is -2.83. The summed E-state index contributed by atoms with van der Waals surface area (Å²) in [5, 5.41) is 14.4. The monoisotopic (exact) mass is 376 g/mol. The molecule has 0 spiro atoms. The smallest absolute Gasteiger partial charge is 0.408 e. The van der Waals surface area contributed by atoms with E-state index in [1.165, 1.54) is 0 Å². The first-order chi connectivity index (χ1) is 12.7. The number of hydrogen-bond donors (Lipinski definition) is 3. The van der Waals surface area contributed by atoms with E-state index in [0.29, 0.717) is 25.0 Å². The Morgan fingerprint density at radius 2 is 1.74 bits per heavy atom. The first-order valence-electron chi connectivity index (χ1n) is 8.91. The minimum atomic E-state index is -1.12. The number of amides is 2. The molecule has 1 atom stereocenters. The number of carbonyl (C=O) groups is 3. The van der Waals surface area contributed by atoms with Crippen molar-refractivity contribution in [2.75, 3.05) is 6.54 Å². The van der Waals surface area contributed by atoms with Gasteiger partial charge in [-0.05, 0) is 52.2 Å². The Morgan fingerprint density at radius 3 is 2.41 bits per heavy atom. The van der Waals surface area contributed by atoms with Crippen LogP contribution in [0.25, 0.3) is 0 Å². The molecule has 0 aromatic carbocycles. The zero-order chi connectivity index (χ0) is 20.3. The highest BCUT2D eigenvalue weighted by Crippen LogP contribution is 2.08. The SMILES string of the molecule is CC(C)(C)OC(=O)N[C@@H](CCCCNC(=O)C1=C/C=C\C=C/C=C1)C(=O)O. The molecule has 27 heavy (non-hydrogen) atoms. The number of rotatable bonds is 8. The molecule has 1 rings (SSSR count). The predicted molar refractivity (Wildman–Crippen MR) is 103 cm³/mol. The van der Waals surface area contributed by atoms with Crippen LogP contribution in [0.5, 0.6) is 0 Å². The molecule has 0 saturated carbocycles. The molecule has 0 fully saturated rings. The van der Waals surface area contributed by atoms with Crippen molar-refractivity contribution in [3.63, 3.8) is 0 Å². The number of alkyl carbamates (subject to hydrolysis) is 1. The zero-order valence-corrected chi connectivity index (χ0v) is 16.0. The number of nitrogens with one attached hydrogen (secondary N) is 2. The molecule has 0 aromatic heterocycles. The fourth-order valence-electron chi connectivity index (χ4n) is 2.20. The third kappa shape index (κ3) is 10.0. The largest absolute Gasteiger partial charge is 0.480 e. The summed E-state index contributed by atoms with van der Waals surface area (Å²) in [7, 11) is 0. The Labute approximate surface area is 159 Å². The third-order valence-electron chi connectivity index (χ3n) is 3.45. The molecule has 0 radical (unpaired) electrons. The summed E-state index contributed by atoms with van der Waals surface area (Å²) in [5.74, 6) is -1.30. The first-order valence-corrected chi connectivity index (χ1v) is 8.91. The van der Waals surface area contributed by atoms with Crippen molar-refractivity contribution in [2.45, 2.75) is 51.7 Å². The molecule has 7 nitrogen and oxygen atoms in total. The third-order valence-corrected chi connectivity index (χ3v) is 3.45. The highest BCUT2D eigenvalue weighted by molar-refractivity contribution is 5.96. The first kappa shape index (κ1) is 22.2. The molecule has 148 valence electrons. The van der Waals surface area contributed by atoms with Crippen LogP contribution in [0.2, 0.25) is 0 Å². The average Bonchev–Trinajstić information content (AvgIpc) is 2.50. The standard InChI is InChI=1S/C20H28N2O5/c1-20(2,3)27-19(26)22-16(18(24)25)13-9-10-14-21-17(23)15-11-7-5-4-6-8-12-15/h4-8,11-12,16H,9-10,13-14H2,1-3H3,(H,21,23)(H,22,26)(H,24,25)/b5-4-,6-4?,7-5?,8-6-,11-7?,12-8?,15-11?,15-12?/t16-/m0/s1. The minimum Gasteiger partial charge on any atom is -0.480 e. The fraction of sp³-hybridized carbons (Fsp3) is 0.450. The minimum absolute atomic E-state index is 0.187. The van der Waals surface area contributed by atoms with Gasteiger partial charge in [0.05, 0.1) is 0 Å². The molecule has 0 bridgehead atoms. The van der Waals surface area contributed by atoms with Crippen LogP contribution in [-0.4, -0.2) is 41.3 Å². The van der Waals surface area contributed by atoms with Gasteiger partial charge in [-0.3, -0.25) is 4.79 Å². The van der Waals surface area contributed by atoms with E-state index in [2.05, 4.69) is 10.6 Å². The Balaban J connectivity index is 2.34. The summed E-state index contributed by atoms with van der Waals surface area (Å²) in [6, 6.07) is -1.02. The van der Waals surface area contributed by atoms with Gasteiger partial charge in [0.25, 0.3) is 5.91 Å². The van der Waals surface area contributed by atoms with Gasteiger partial charge in [-0.25, -0.2) is 9.59 Å². The summed E-state index contributed by atoms with van der Waals surface area (Å²) in [4.78, 5) is 35.1. The number of carboxylic acid groups (broad SMARTS) is 1. The van der Waals surface area contributed by atoms with E-state index >= 15 is 0 Å². The van der Waals surface area contributed by atoms with Crippen molar-refractivity contribution >= 4 is 18.0 Å². The summed E-state index contributed by atoms with van der Waals surface area (Å²) in [5.41, 5.74) is -0.145.